The molecule has 1 atom stereocenters. The van der Waals surface area contributed by atoms with Gasteiger partial charge in [-0.2, -0.15) is 0 Å². The fraction of sp³-hybridized carbons (Fsp3) is 0.529. The Bertz CT molecular complexity index is 780. The van der Waals surface area contributed by atoms with E-state index >= 15 is 0 Å². The van der Waals surface area contributed by atoms with Crippen molar-refractivity contribution >= 4 is 23.7 Å². The van der Waals surface area contributed by atoms with Crippen LogP contribution in [0.1, 0.15) is 23.9 Å². The van der Waals surface area contributed by atoms with E-state index < -0.39 is 6.04 Å². The Balaban J connectivity index is 2.06. The zero-order chi connectivity index (χ0) is 18.3. The molecule has 0 bridgehead atoms. The molecule has 1 fully saturated rings. The maximum atomic E-state index is 12.9. The van der Waals surface area contributed by atoms with E-state index in [1.165, 1.54) is 9.80 Å². The van der Waals surface area contributed by atoms with Crippen LogP contribution in [-0.2, 0) is 16.1 Å². The van der Waals surface area contributed by atoms with Crippen molar-refractivity contribution in [3.63, 3.8) is 0 Å². The smallest absolute Gasteiger partial charge is 0.385 e. The highest BCUT2D eigenvalue weighted by atomic mass is 16.5. The normalized spacial score (nSPS) is 19.2. The molecule has 0 aromatic carbocycles. The molecular weight excluding hydrogens is 322 g/mol. The first-order valence-electron chi connectivity index (χ1n) is 8.32. The highest BCUT2D eigenvalue weighted by Crippen LogP contribution is 2.35. The number of rotatable bonds is 6. The van der Waals surface area contributed by atoms with Gasteiger partial charge >= 0.3 is 12.0 Å². The van der Waals surface area contributed by atoms with E-state index in [9.17, 15) is 9.59 Å². The Morgan fingerprint density at radius 1 is 1.36 bits per heavy atom. The summed E-state index contributed by atoms with van der Waals surface area (Å²) in [7, 11) is 3.33. The quantitative estimate of drug-likeness (QED) is 0.440. The lowest BCUT2D eigenvalue weighted by atomic mass is 10.1. The number of aromatic nitrogens is 2. The SMILES string of the molecule is C=CCN1C(=O)C2C(=Nc3n2c(C)c(C)[n+]3CCCOC)N(C)C1=O. The largest absolute Gasteiger partial charge is 0.402 e. The third-order valence-corrected chi connectivity index (χ3v) is 4.87. The number of carbonyl (C=O) groups is 2. The van der Waals surface area contributed by atoms with Gasteiger partial charge in [0.2, 0.25) is 11.9 Å². The van der Waals surface area contributed by atoms with Gasteiger partial charge in [-0.15, -0.1) is 6.58 Å². The summed E-state index contributed by atoms with van der Waals surface area (Å²) in [5, 5.41) is 0. The summed E-state index contributed by atoms with van der Waals surface area (Å²) >= 11 is 0. The molecule has 3 rings (SSSR count). The highest BCUT2D eigenvalue weighted by molar-refractivity contribution is 6.20. The number of hydrogen-bond acceptors (Lipinski definition) is 4. The van der Waals surface area contributed by atoms with Crippen molar-refractivity contribution in [3.05, 3.63) is 24.0 Å². The van der Waals surface area contributed by atoms with E-state index in [-0.39, 0.29) is 18.5 Å². The van der Waals surface area contributed by atoms with Gasteiger partial charge in [0, 0.05) is 33.7 Å². The molecule has 3 amide bonds. The minimum atomic E-state index is -0.597. The summed E-state index contributed by atoms with van der Waals surface area (Å²) in [5.41, 5.74) is 2.04. The number of ether oxygens (including phenoxy) is 1. The van der Waals surface area contributed by atoms with Crippen LogP contribution in [0.3, 0.4) is 0 Å². The second-order valence-electron chi connectivity index (χ2n) is 6.29. The maximum Gasteiger partial charge on any atom is 0.402 e. The average Bonchev–Trinajstić information content (AvgIpc) is 3.08. The summed E-state index contributed by atoms with van der Waals surface area (Å²) in [6.07, 6.45) is 2.40. The molecule has 0 spiro atoms. The molecule has 0 N–H and O–H groups in total. The third kappa shape index (κ3) is 2.48. The molecule has 8 nitrogen and oxygen atoms in total. The van der Waals surface area contributed by atoms with Gasteiger partial charge in [0.05, 0.1) is 6.54 Å². The molecule has 134 valence electrons. The summed E-state index contributed by atoms with van der Waals surface area (Å²) in [4.78, 5) is 32.7. The number of aliphatic imine (C=N–C) groups is 1. The Labute approximate surface area is 147 Å². The Kier molecular flexibility index (Phi) is 4.47. The number of likely N-dealkylation sites (N-methyl/N-ethyl adjacent to an activating group) is 1. The van der Waals surface area contributed by atoms with Crippen LogP contribution < -0.4 is 4.57 Å². The number of imide groups is 1. The van der Waals surface area contributed by atoms with Gasteiger partial charge in [0.25, 0.3) is 5.91 Å². The fourth-order valence-corrected chi connectivity index (χ4v) is 3.43. The van der Waals surface area contributed by atoms with Gasteiger partial charge in [-0.05, 0) is 13.8 Å². The zero-order valence-corrected chi connectivity index (χ0v) is 15.2. The molecule has 25 heavy (non-hydrogen) atoms. The number of hydrogen-bond donors (Lipinski definition) is 0. The van der Waals surface area contributed by atoms with Gasteiger partial charge < -0.3 is 4.74 Å². The van der Waals surface area contributed by atoms with Crippen molar-refractivity contribution in [3.8, 4) is 0 Å². The first-order valence-corrected chi connectivity index (χ1v) is 8.32. The van der Waals surface area contributed by atoms with E-state index in [0.29, 0.717) is 18.4 Å². The van der Waals surface area contributed by atoms with Crippen LogP contribution in [0.5, 0.6) is 0 Å². The molecule has 0 aliphatic carbocycles. The molecule has 1 aromatic rings. The van der Waals surface area contributed by atoms with Crippen molar-refractivity contribution in [2.24, 2.45) is 4.99 Å². The lowest BCUT2D eigenvalue weighted by Crippen LogP contribution is -2.57. The minimum absolute atomic E-state index is 0.189. The number of urea groups is 1. The van der Waals surface area contributed by atoms with Crippen LogP contribution in [0.15, 0.2) is 17.6 Å². The zero-order valence-electron chi connectivity index (χ0n) is 15.2. The molecule has 3 heterocycles. The van der Waals surface area contributed by atoms with Crippen molar-refractivity contribution < 1.29 is 18.9 Å². The summed E-state index contributed by atoms with van der Waals surface area (Å²) in [6, 6.07) is -0.967. The lowest BCUT2D eigenvalue weighted by molar-refractivity contribution is -0.689. The molecule has 1 aromatic heterocycles. The second kappa shape index (κ2) is 6.44. The molecule has 1 unspecified atom stereocenters. The van der Waals surface area contributed by atoms with E-state index in [1.54, 1.807) is 20.2 Å². The molecule has 0 radical (unpaired) electrons. The number of imidazole rings is 1. The number of carbonyl (C=O) groups excluding carboxylic acids is 2. The highest BCUT2D eigenvalue weighted by Gasteiger charge is 2.53. The van der Waals surface area contributed by atoms with Gasteiger partial charge in [0.15, 0.2) is 0 Å². The van der Waals surface area contributed by atoms with Crippen molar-refractivity contribution in [1.82, 2.24) is 14.4 Å². The second-order valence-corrected chi connectivity index (χ2v) is 6.29. The molecule has 2 aliphatic heterocycles. The standard InChI is InChI=1S/C17H24N5O3/c1-6-8-21-15(23)13-14(19(4)17(21)24)18-16-20(9-7-10-25-5)11(2)12(3)22(13)16/h6,13H,1,7-10H2,2-5H3/q+1. The predicted octanol–water partition coefficient (Wildman–Crippen LogP) is 1.09. The monoisotopic (exact) mass is 346 g/mol. The number of amidine groups is 1. The Hall–Kier alpha value is -2.48. The van der Waals surface area contributed by atoms with Gasteiger partial charge in [-0.25, -0.2) is 13.9 Å². The van der Waals surface area contributed by atoms with Crippen LogP contribution >= 0.6 is 0 Å². The summed E-state index contributed by atoms with van der Waals surface area (Å²) in [6.45, 7) is 9.22. The van der Waals surface area contributed by atoms with Gasteiger partial charge in [-0.1, -0.05) is 11.1 Å². The van der Waals surface area contributed by atoms with Gasteiger partial charge in [-0.3, -0.25) is 14.6 Å². The predicted molar refractivity (Wildman–Crippen MR) is 91.8 cm³/mol. The Morgan fingerprint density at radius 3 is 2.72 bits per heavy atom. The molecule has 0 saturated carbocycles. The van der Waals surface area contributed by atoms with E-state index in [1.807, 2.05) is 18.4 Å². The first kappa shape index (κ1) is 17.3. The van der Waals surface area contributed by atoms with E-state index in [0.717, 1.165) is 24.4 Å². The van der Waals surface area contributed by atoms with E-state index in [4.69, 9.17) is 4.74 Å². The van der Waals surface area contributed by atoms with Crippen molar-refractivity contribution in [2.45, 2.75) is 32.9 Å². The average molecular weight is 346 g/mol. The maximum absolute atomic E-state index is 12.9. The van der Waals surface area contributed by atoms with Crippen molar-refractivity contribution in [1.29, 1.82) is 0 Å². The molecule has 8 heteroatoms. The molecular formula is C17H24N5O3+. The van der Waals surface area contributed by atoms with Crippen LogP contribution in [-0.4, -0.2) is 59.4 Å². The summed E-state index contributed by atoms with van der Waals surface area (Å²) < 4.78 is 9.15. The molecule has 1 saturated heterocycles. The van der Waals surface area contributed by atoms with Crippen molar-refractivity contribution in [2.75, 3.05) is 27.3 Å². The summed E-state index contributed by atoms with van der Waals surface area (Å²) in [5.74, 6) is 0.927. The number of nitrogens with zero attached hydrogens (tertiary/aromatic N) is 5. The number of methoxy groups -OCH3 is 1. The van der Waals surface area contributed by atoms with Crippen LogP contribution in [0.2, 0.25) is 0 Å². The minimum Gasteiger partial charge on any atom is -0.385 e. The number of fused-ring (bicyclic) bond motifs is 3. The molecule has 2 aliphatic rings. The van der Waals surface area contributed by atoms with Crippen LogP contribution in [0.4, 0.5) is 10.7 Å². The van der Waals surface area contributed by atoms with Crippen LogP contribution in [0, 0.1) is 13.8 Å². The third-order valence-electron chi connectivity index (χ3n) is 4.87. The van der Waals surface area contributed by atoms with Gasteiger partial charge in [0.1, 0.15) is 11.4 Å². The van der Waals surface area contributed by atoms with E-state index in [2.05, 4.69) is 16.1 Å². The first-order chi connectivity index (χ1) is 11.9. The lowest BCUT2D eigenvalue weighted by Gasteiger charge is -2.32. The van der Waals surface area contributed by atoms with Crippen LogP contribution in [0.25, 0.3) is 0 Å². The number of amides is 3. The topological polar surface area (TPSA) is 71.0 Å². The fourth-order valence-electron chi connectivity index (χ4n) is 3.43. The Morgan fingerprint density at radius 2 is 2.08 bits per heavy atom.